The average molecular weight is 377 g/mol. The molecule has 0 atom stereocenters. The maximum absolute atomic E-state index is 13.1. The summed E-state index contributed by atoms with van der Waals surface area (Å²) in [4.78, 5) is 29.8. The normalized spacial score (nSPS) is 10.8. The van der Waals surface area contributed by atoms with Crippen LogP contribution in [0.3, 0.4) is 0 Å². The quantitative estimate of drug-likeness (QED) is 0.570. The molecule has 6 nitrogen and oxygen atoms in total. The number of fused-ring (bicyclic) bond motifs is 1. The van der Waals surface area contributed by atoms with Crippen molar-refractivity contribution in [1.82, 2.24) is 9.55 Å². The molecule has 0 fully saturated rings. The van der Waals surface area contributed by atoms with Crippen molar-refractivity contribution in [1.29, 1.82) is 0 Å². The van der Waals surface area contributed by atoms with Crippen LogP contribution in [0, 0.1) is 0 Å². The van der Waals surface area contributed by atoms with E-state index in [9.17, 15) is 14.7 Å². The van der Waals surface area contributed by atoms with Crippen LogP contribution >= 0.6 is 11.3 Å². The second-order valence-electron chi connectivity index (χ2n) is 5.91. The third kappa shape index (κ3) is 3.20. The lowest BCUT2D eigenvalue weighted by Gasteiger charge is -2.14. The van der Waals surface area contributed by atoms with E-state index >= 15 is 0 Å². The minimum absolute atomic E-state index is 0.290. The van der Waals surface area contributed by atoms with Crippen molar-refractivity contribution in [2.75, 3.05) is 5.32 Å². The Kier molecular flexibility index (Phi) is 4.43. The Hall–Kier alpha value is -3.45. The highest BCUT2D eigenvalue weighted by Crippen LogP contribution is 2.27. The molecule has 134 valence electrons. The first-order chi connectivity index (χ1) is 13.1. The molecule has 2 N–H and O–H groups in total. The van der Waals surface area contributed by atoms with Crippen molar-refractivity contribution in [2.45, 2.75) is 6.54 Å². The fourth-order valence-electron chi connectivity index (χ4n) is 2.96. The number of carbonyl (C=O) groups excluding carboxylic acids is 1. The number of nitrogens with zero attached hydrogens (tertiary/aromatic N) is 2. The van der Waals surface area contributed by atoms with E-state index in [-0.39, 0.29) is 17.9 Å². The van der Waals surface area contributed by atoms with Gasteiger partial charge in [-0.1, -0.05) is 42.5 Å². The van der Waals surface area contributed by atoms with Gasteiger partial charge in [-0.05, 0) is 17.7 Å². The van der Waals surface area contributed by atoms with Crippen molar-refractivity contribution >= 4 is 33.3 Å². The molecule has 2 aromatic heterocycles. The van der Waals surface area contributed by atoms with Crippen molar-refractivity contribution in [3.05, 3.63) is 87.7 Å². The molecular weight excluding hydrogens is 362 g/mol. The Morgan fingerprint density at radius 1 is 1.11 bits per heavy atom. The zero-order valence-corrected chi connectivity index (χ0v) is 14.9. The molecule has 7 heteroatoms. The standard InChI is InChI=1S/C20H15N3O3S/c24-17-14-8-4-5-9-15(14)23(12-13-6-2-1-3-7-13)19(26)16(17)18(25)22-20-21-10-11-27-20/h1-11,24H,12H2,(H,21,22,25). The van der Waals surface area contributed by atoms with E-state index in [1.54, 1.807) is 35.8 Å². The maximum Gasteiger partial charge on any atom is 0.268 e. The minimum atomic E-state index is -0.681. The smallest absolute Gasteiger partial charge is 0.268 e. The molecule has 0 aliphatic heterocycles. The summed E-state index contributed by atoms with van der Waals surface area (Å²) in [5, 5.41) is 15.7. The lowest BCUT2D eigenvalue weighted by Crippen LogP contribution is -2.30. The third-order valence-electron chi connectivity index (χ3n) is 4.21. The fraction of sp³-hybridized carbons (Fsp3) is 0.0500. The minimum Gasteiger partial charge on any atom is -0.506 e. The molecule has 0 saturated heterocycles. The summed E-state index contributed by atoms with van der Waals surface area (Å²) in [7, 11) is 0. The van der Waals surface area contributed by atoms with Crippen molar-refractivity contribution in [3.63, 3.8) is 0 Å². The highest BCUT2D eigenvalue weighted by atomic mass is 32.1. The van der Waals surface area contributed by atoms with Gasteiger partial charge in [0, 0.05) is 17.0 Å². The summed E-state index contributed by atoms with van der Waals surface area (Å²) in [5.41, 5.74) is 0.639. The van der Waals surface area contributed by atoms with Gasteiger partial charge < -0.3 is 9.67 Å². The second kappa shape index (κ2) is 7.05. The highest BCUT2D eigenvalue weighted by molar-refractivity contribution is 7.13. The number of para-hydroxylation sites is 1. The molecule has 4 rings (SSSR count). The number of benzene rings is 2. The van der Waals surface area contributed by atoms with Gasteiger partial charge in [0.2, 0.25) is 0 Å². The van der Waals surface area contributed by atoms with Crippen molar-refractivity contribution in [2.24, 2.45) is 0 Å². The molecule has 0 aliphatic rings. The first-order valence-corrected chi connectivity index (χ1v) is 9.12. The van der Waals surface area contributed by atoms with E-state index in [1.807, 2.05) is 30.3 Å². The van der Waals surface area contributed by atoms with E-state index in [0.717, 1.165) is 5.56 Å². The van der Waals surface area contributed by atoms with Crippen LogP contribution in [-0.4, -0.2) is 20.6 Å². The van der Waals surface area contributed by atoms with Crippen LogP contribution in [0.2, 0.25) is 0 Å². The first-order valence-electron chi connectivity index (χ1n) is 8.24. The monoisotopic (exact) mass is 377 g/mol. The van der Waals surface area contributed by atoms with Gasteiger partial charge in [-0.2, -0.15) is 0 Å². The van der Waals surface area contributed by atoms with Crippen LogP contribution < -0.4 is 10.9 Å². The number of rotatable bonds is 4. The Balaban J connectivity index is 1.89. The number of thiazole rings is 1. The van der Waals surface area contributed by atoms with Gasteiger partial charge in [0.05, 0.1) is 12.1 Å². The van der Waals surface area contributed by atoms with Crippen LogP contribution in [0.1, 0.15) is 15.9 Å². The average Bonchev–Trinajstić information content (AvgIpc) is 3.19. The topological polar surface area (TPSA) is 84.2 Å². The number of hydrogen-bond acceptors (Lipinski definition) is 5. The van der Waals surface area contributed by atoms with Gasteiger partial charge in [-0.3, -0.25) is 14.9 Å². The lowest BCUT2D eigenvalue weighted by molar-refractivity contribution is 0.102. The fourth-order valence-corrected chi connectivity index (χ4v) is 3.49. The van der Waals surface area contributed by atoms with E-state index in [1.165, 1.54) is 15.9 Å². The third-order valence-corrected chi connectivity index (χ3v) is 4.90. The molecule has 0 aliphatic carbocycles. The molecule has 1 amide bonds. The first kappa shape index (κ1) is 17.0. The molecule has 0 radical (unpaired) electrons. The second-order valence-corrected chi connectivity index (χ2v) is 6.80. The van der Waals surface area contributed by atoms with E-state index in [2.05, 4.69) is 10.3 Å². The summed E-state index contributed by atoms with van der Waals surface area (Å²) >= 11 is 1.23. The summed E-state index contributed by atoms with van der Waals surface area (Å²) in [6.45, 7) is 0.290. The number of carbonyl (C=O) groups is 1. The number of aromatic hydroxyl groups is 1. The molecule has 0 unspecified atom stereocenters. The van der Waals surface area contributed by atoms with Crippen LogP contribution in [0.25, 0.3) is 10.9 Å². The zero-order chi connectivity index (χ0) is 18.8. The molecule has 2 heterocycles. The Bertz CT molecular complexity index is 1170. The molecule has 2 aromatic carbocycles. The Morgan fingerprint density at radius 2 is 1.85 bits per heavy atom. The predicted molar refractivity (Wildman–Crippen MR) is 105 cm³/mol. The van der Waals surface area contributed by atoms with Crippen molar-refractivity contribution in [3.8, 4) is 5.75 Å². The maximum atomic E-state index is 13.1. The molecular formula is C20H15N3O3S. The van der Waals surface area contributed by atoms with Gasteiger partial charge in [-0.25, -0.2) is 4.98 Å². The summed E-state index contributed by atoms with van der Waals surface area (Å²) in [6.07, 6.45) is 1.55. The van der Waals surface area contributed by atoms with E-state index in [4.69, 9.17) is 0 Å². The number of aromatic nitrogens is 2. The molecule has 0 bridgehead atoms. The van der Waals surface area contributed by atoms with Crippen LogP contribution in [-0.2, 0) is 6.54 Å². The lowest BCUT2D eigenvalue weighted by atomic mass is 10.1. The highest BCUT2D eigenvalue weighted by Gasteiger charge is 2.22. The van der Waals surface area contributed by atoms with Crippen LogP contribution in [0.5, 0.6) is 5.75 Å². The Labute approximate surface area is 158 Å². The van der Waals surface area contributed by atoms with Gasteiger partial charge >= 0.3 is 0 Å². The number of amides is 1. The predicted octanol–water partition coefficient (Wildman–Crippen LogP) is 3.46. The van der Waals surface area contributed by atoms with Gasteiger partial charge in [0.1, 0.15) is 11.3 Å². The van der Waals surface area contributed by atoms with Gasteiger partial charge in [0.25, 0.3) is 11.5 Å². The summed E-state index contributed by atoms with van der Waals surface area (Å²) in [6, 6.07) is 16.5. The zero-order valence-electron chi connectivity index (χ0n) is 14.1. The molecule has 4 aromatic rings. The van der Waals surface area contributed by atoms with Gasteiger partial charge in [-0.15, -0.1) is 11.3 Å². The summed E-state index contributed by atoms with van der Waals surface area (Å²) in [5.74, 6) is -1.01. The SMILES string of the molecule is O=C(Nc1nccs1)c1c(O)c2ccccc2n(Cc2ccccc2)c1=O. The number of nitrogens with one attached hydrogen (secondary N) is 1. The number of anilines is 1. The van der Waals surface area contributed by atoms with E-state index < -0.39 is 11.5 Å². The van der Waals surface area contributed by atoms with Crippen molar-refractivity contribution < 1.29 is 9.90 Å². The number of hydrogen-bond donors (Lipinski definition) is 2. The van der Waals surface area contributed by atoms with Crippen LogP contribution in [0.4, 0.5) is 5.13 Å². The van der Waals surface area contributed by atoms with E-state index in [0.29, 0.717) is 16.0 Å². The Morgan fingerprint density at radius 3 is 2.59 bits per heavy atom. The molecule has 0 spiro atoms. The van der Waals surface area contributed by atoms with Crippen LogP contribution in [0.15, 0.2) is 71.0 Å². The summed E-state index contributed by atoms with van der Waals surface area (Å²) < 4.78 is 1.50. The number of pyridine rings is 1. The molecule has 27 heavy (non-hydrogen) atoms. The van der Waals surface area contributed by atoms with Gasteiger partial charge in [0.15, 0.2) is 5.13 Å². The largest absolute Gasteiger partial charge is 0.506 e. The molecule has 0 saturated carbocycles.